The van der Waals surface area contributed by atoms with E-state index in [1.807, 2.05) is 0 Å². The molecule has 0 radical (unpaired) electrons. The second-order valence-electron chi connectivity index (χ2n) is 5.29. The van der Waals surface area contributed by atoms with Gasteiger partial charge in [0.2, 0.25) is 0 Å². The molecule has 2 rings (SSSR count). The van der Waals surface area contributed by atoms with Crippen LogP contribution in [0.25, 0.3) is 0 Å². The van der Waals surface area contributed by atoms with Crippen LogP contribution in [0.5, 0.6) is 0 Å². The van der Waals surface area contributed by atoms with Gasteiger partial charge in [0.15, 0.2) is 0 Å². The highest BCUT2D eigenvalue weighted by Crippen LogP contribution is 2.35. The molecule has 2 nitrogen and oxygen atoms in total. The van der Waals surface area contributed by atoms with Crippen LogP contribution >= 0.6 is 0 Å². The van der Waals surface area contributed by atoms with E-state index in [0.29, 0.717) is 12.0 Å². The first kappa shape index (κ1) is 12.6. The van der Waals surface area contributed by atoms with Gasteiger partial charge in [-0.05, 0) is 36.7 Å². The Morgan fingerprint density at radius 2 is 1.94 bits per heavy atom. The molecule has 0 amide bonds. The lowest BCUT2D eigenvalue weighted by atomic mass is 9.76. The van der Waals surface area contributed by atoms with Gasteiger partial charge in [-0.15, -0.1) is 0 Å². The maximum atomic E-state index is 8.88. The molecular formula is C15H23NO. The maximum Gasteiger partial charge on any atom is 0.0556 e. The van der Waals surface area contributed by atoms with Crippen molar-refractivity contribution in [2.45, 2.75) is 38.1 Å². The molecule has 2 heteroatoms. The van der Waals surface area contributed by atoms with E-state index in [1.165, 1.54) is 24.8 Å². The Balaban J connectivity index is 1.98. The highest BCUT2D eigenvalue weighted by Gasteiger charge is 2.26. The third kappa shape index (κ3) is 3.55. The fraction of sp³-hybridized carbons (Fsp3) is 0.600. The van der Waals surface area contributed by atoms with E-state index in [2.05, 4.69) is 42.6 Å². The SMILES string of the molecule is CC1CC(NCCO)CC(c2ccccc2)C1. The van der Waals surface area contributed by atoms with Crippen molar-refractivity contribution in [2.24, 2.45) is 5.92 Å². The van der Waals surface area contributed by atoms with E-state index in [9.17, 15) is 0 Å². The van der Waals surface area contributed by atoms with Crippen LogP contribution in [0.1, 0.15) is 37.7 Å². The molecule has 1 saturated carbocycles. The van der Waals surface area contributed by atoms with E-state index >= 15 is 0 Å². The number of aliphatic hydroxyl groups excluding tert-OH is 1. The summed E-state index contributed by atoms with van der Waals surface area (Å²) < 4.78 is 0. The van der Waals surface area contributed by atoms with Gasteiger partial charge < -0.3 is 10.4 Å². The monoisotopic (exact) mass is 233 g/mol. The van der Waals surface area contributed by atoms with Crippen LogP contribution in [-0.4, -0.2) is 24.3 Å². The van der Waals surface area contributed by atoms with Crippen LogP contribution in [0.2, 0.25) is 0 Å². The molecule has 1 fully saturated rings. The van der Waals surface area contributed by atoms with Crippen molar-refractivity contribution in [1.82, 2.24) is 5.32 Å². The normalized spacial score (nSPS) is 29.2. The lowest BCUT2D eigenvalue weighted by Crippen LogP contribution is -2.37. The number of hydrogen-bond acceptors (Lipinski definition) is 2. The van der Waals surface area contributed by atoms with Gasteiger partial charge in [-0.3, -0.25) is 0 Å². The topological polar surface area (TPSA) is 32.3 Å². The molecule has 17 heavy (non-hydrogen) atoms. The van der Waals surface area contributed by atoms with E-state index in [1.54, 1.807) is 0 Å². The van der Waals surface area contributed by atoms with Gasteiger partial charge in [-0.1, -0.05) is 37.3 Å². The third-order valence-corrected chi connectivity index (χ3v) is 3.76. The fourth-order valence-electron chi connectivity index (χ4n) is 3.04. The number of rotatable bonds is 4. The maximum absolute atomic E-state index is 8.88. The molecule has 0 saturated heterocycles. The molecule has 0 heterocycles. The van der Waals surface area contributed by atoms with Crippen molar-refractivity contribution in [2.75, 3.05) is 13.2 Å². The Morgan fingerprint density at radius 3 is 2.65 bits per heavy atom. The lowest BCUT2D eigenvalue weighted by Gasteiger charge is -2.34. The van der Waals surface area contributed by atoms with Gasteiger partial charge in [-0.25, -0.2) is 0 Å². The standard InChI is InChI=1S/C15H23NO/c1-12-9-14(13-5-3-2-4-6-13)11-15(10-12)16-7-8-17/h2-6,12,14-17H,7-11H2,1H3. The summed E-state index contributed by atoms with van der Waals surface area (Å²) in [5.74, 6) is 1.45. The molecule has 1 aromatic rings. The third-order valence-electron chi connectivity index (χ3n) is 3.76. The molecule has 2 N–H and O–H groups in total. The summed E-state index contributed by atoms with van der Waals surface area (Å²) in [5, 5.41) is 12.3. The van der Waals surface area contributed by atoms with Gasteiger partial charge >= 0.3 is 0 Å². The molecule has 1 aliphatic carbocycles. The molecule has 1 aromatic carbocycles. The van der Waals surface area contributed by atoms with Gasteiger partial charge in [0.05, 0.1) is 6.61 Å². The number of hydrogen-bond donors (Lipinski definition) is 2. The zero-order valence-corrected chi connectivity index (χ0v) is 10.6. The van der Waals surface area contributed by atoms with Crippen LogP contribution in [0.4, 0.5) is 0 Å². The molecular weight excluding hydrogens is 210 g/mol. The summed E-state index contributed by atoms with van der Waals surface area (Å²) >= 11 is 0. The summed E-state index contributed by atoms with van der Waals surface area (Å²) in [7, 11) is 0. The predicted molar refractivity (Wildman–Crippen MR) is 71.1 cm³/mol. The minimum Gasteiger partial charge on any atom is -0.395 e. The first-order valence-electron chi connectivity index (χ1n) is 6.68. The minimum absolute atomic E-state index is 0.237. The first-order valence-corrected chi connectivity index (χ1v) is 6.68. The van der Waals surface area contributed by atoms with Crippen LogP contribution in [0.15, 0.2) is 30.3 Å². The molecule has 0 aliphatic heterocycles. The summed E-state index contributed by atoms with van der Waals surface area (Å²) in [6.45, 7) is 3.29. The summed E-state index contributed by atoms with van der Waals surface area (Å²) in [6.07, 6.45) is 3.74. The quantitative estimate of drug-likeness (QED) is 0.837. The van der Waals surface area contributed by atoms with Crippen LogP contribution < -0.4 is 5.32 Å². The summed E-state index contributed by atoms with van der Waals surface area (Å²) in [4.78, 5) is 0. The number of benzene rings is 1. The Hall–Kier alpha value is -0.860. The number of aliphatic hydroxyl groups is 1. The number of nitrogens with one attached hydrogen (secondary N) is 1. The van der Waals surface area contributed by atoms with E-state index < -0.39 is 0 Å². The Morgan fingerprint density at radius 1 is 1.18 bits per heavy atom. The van der Waals surface area contributed by atoms with Gasteiger partial charge in [0.25, 0.3) is 0 Å². The minimum atomic E-state index is 0.237. The zero-order chi connectivity index (χ0) is 12.1. The average molecular weight is 233 g/mol. The predicted octanol–water partition coefficient (Wildman–Crippen LogP) is 2.54. The second-order valence-corrected chi connectivity index (χ2v) is 5.29. The van der Waals surface area contributed by atoms with Crippen molar-refractivity contribution in [1.29, 1.82) is 0 Å². The summed E-state index contributed by atoms with van der Waals surface area (Å²) in [6, 6.07) is 11.4. The molecule has 3 atom stereocenters. The first-order chi connectivity index (χ1) is 8.29. The van der Waals surface area contributed by atoms with E-state index in [4.69, 9.17) is 5.11 Å². The van der Waals surface area contributed by atoms with Crippen LogP contribution in [0.3, 0.4) is 0 Å². The van der Waals surface area contributed by atoms with Crippen LogP contribution in [-0.2, 0) is 0 Å². The smallest absolute Gasteiger partial charge is 0.0556 e. The van der Waals surface area contributed by atoms with Crippen molar-refractivity contribution < 1.29 is 5.11 Å². The molecule has 0 spiro atoms. The Bertz CT molecular complexity index is 325. The van der Waals surface area contributed by atoms with Gasteiger partial charge in [0, 0.05) is 12.6 Å². The fourth-order valence-corrected chi connectivity index (χ4v) is 3.04. The molecule has 1 aliphatic rings. The van der Waals surface area contributed by atoms with Crippen LogP contribution in [0, 0.1) is 5.92 Å². The van der Waals surface area contributed by atoms with E-state index in [0.717, 1.165) is 12.5 Å². The van der Waals surface area contributed by atoms with E-state index in [-0.39, 0.29) is 6.61 Å². The Kier molecular flexibility index (Phi) is 4.57. The van der Waals surface area contributed by atoms with Crippen molar-refractivity contribution in [3.63, 3.8) is 0 Å². The Labute approximate surface area is 104 Å². The zero-order valence-electron chi connectivity index (χ0n) is 10.6. The highest BCUT2D eigenvalue weighted by molar-refractivity contribution is 5.20. The largest absolute Gasteiger partial charge is 0.395 e. The second kappa shape index (κ2) is 6.18. The lowest BCUT2D eigenvalue weighted by molar-refractivity contribution is 0.241. The average Bonchev–Trinajstić information content (AvgIpc) is 2.37. The van der Waals surface area contributed by atoms with Gasteiger partial charge in [0.1, 0.15) is 0 Å². The highest BCUT2D eigenvalue weighted by atomic mass is 16.3. The van der Waals surface area contributed by atoms with Crippen molar-refractivity contribution in [3.05, 3.63) is 35.9 Å². The molecule has 0 aromatic heterocycles. The molecule has 3 unspecified atom stereocenters. The summed E-state index contributed by atoms with van der Waals surface area (Å²) in [5.41, 5.74) is 1.47. The molecule has 0 bridgehead atoms. The molecule has 94 valence electrons. The van der Waals surface area contributed by atoms with Gasteiger partial charge in [-0.2, -0.15) is 0 Å². The van der Waals surface area contributed by atoms with Crippen molar-refractivity contribution in [3.8, 4) is 0 Å². The van der Waals surface area contributed by atoms with Crippen molar-refractivity contribution >= 4 is 0 Å².